The van der Waals surface area contributed by atoms with Crippen molar-refractivity contribution >= 4 is 69.0 Å². The molecule has 0 amide bonds. The van der Waals surface area contributed by atoms with Crippen molar-refractivity contribution in [1.82, 2.24) is 4.98 Å². The summed E-state index contributed by atoms with van der Waals surface area (Å²) in [5.74, 6) is -1.03. The predicted octanol–water partition coefficient (Wildman–Crippen LogP) is 11.9. The van der Waals surface area contributed by atoms with Gasteiger partial charge in [-0.2, -0.15) is 16.8 Å². The molecule has 12 nitrogen and oxygen atoms in total. The number of carbonyl (C=O) groups is 2. The second kappa shape index (κ2) is 22.5. The zero-order chi connectivity index (χ0) is 52.5. The molecule has 74 heavy (non-hydrogen) atoms. The van der Waals surface area contributed by atoms with Crippen molar-refractivity contribution in [3.8, 4) is 33.5 Å². The molecule has 9 aromatic carbocycles. The number of benzene rings is 9. The minimum absolute atomic E-state index is 0.00661. The lowest BCUT2D eigenvalue weighted by atomic mass is 9.94. The third-order valence-corrected chi connectivity index (χ3v) is 15.3. The van der Waals surface area contributed by atoms with Crippen LogP contribution in [0.1, 0.15) is 26.3 Å². The molecule has 0 fully saturated rings. The van der Waals surface area contributed by atoms with E-state index in [1.165, 1.54) is 35.9 Å². The van der Waals surface area contributed by atoms with Crippen LogP contribution in [0.5, 0.6) is 0 Å². The maximum atomic E-state index is 12.7. The Hall–Kier alpha value is -8.44. The third kappa shape index (κ3) is 12.1. The molecule has 0 atom stereocenters. The second-order valence-electron chi connectivity index (χ2n) is 16.7. The van der Waals surface area contributed by atoms with Gasteiger partial charge in [-0.1, -0.05) is 194 Å². The number of Topliss-reactive ketones (excluding diaryl/α,β-unsaturated/α-hetero) is 2. The number of nitrogen functional groups attached to an aromatic ring is 1. The molecule has 0 saturated heterocycles. The first-order valence-corrected chi connectivity index (χ1v) is 27.4. The van der Waals surface area contributed by atoms with Gasteiger partial charge in [0.05, 0.1) is 16.1 Å². The van der Waals surface area contributed by atoms with Crippen LogP contribution in [0.4, 0.5) is 5.69 Å². The maximum absolute atomic E-state index is 12.7. The van der Waals surface area contributed by atoms with Crippen LogP contribution < -0.4 is 5.73 Å². The van der Waals surface area contributed by atoms with Crippen molar-refractivity contribution in [1.29, 1.82) is 0 Å². The van der Waals surface area contributed by atoms with Crippen molar-refractivity contribution in [2.75, 3.05) is 11.5 Å². The van der Waals surface area contributed by atoms with Gasteiger partial charge in [-0.25, -0.2) is 13.4 Å². The van der Waals surface area contributed by atoms with Gasteiger partial charge < -0.3 is 5.73 Å². The molecule has 0 aliphatic carbocycles. The molecule has 15 heteroatoms. The number of rotatable bonds is 8. The van der Waals surface area contributed by atoms with Gasteiger partial charge in [-0.3, -0.25) is 18.7 Å². The van der Waals surface area contributed by atoms with Crippen molar-refractivity contribution in [2.24, 2.45) is 0 Å². The number of fused-ring (bicyclic) bond motifs is 4. The number of anilines is 1. The number of aromatic nitrogens is 1. The monoisotopic (exact) mass is 1040 g/mol. The van der Waals surface area contributed by atoms with Gasteiger partial charge in [0.25, 0.3) is 20.2 Å². The fraction of sp³-hybridized carbons (Fsp3) is 0.0339. The van der Waals surface area contributed by atoms with Crippen molar-refractivity contribution < 1.29 is 43.9 Å². The molecule has 1 aliphatic heterocycles. The maximum Gasteiger partial charge on any atom is 0.295 e. The Morgan fingerprint density at radius 1 is 0.486 bits per heavy atom. The summed E-state index contributed by atoms with van der Waals surface area (Å²) in [6, 6.07) is 69.0. The molecule has 0 spiro atoms. The highest BCUT2D eigenvalue weighted by atomic mass is 32.2. The van der Waals surface area contributed by atoms with Crippen LogP contribution in [0.25, 0.3) is 55.2 Å². The number of hydrogen-bond acceptors (Lipinski definition) is 10. The molecular weight excluding hydrogens is 993 g/mol. The van der Waals surface area contributed by atoms with Crippen LogP contribution in [-0.2, 0) is 36.5 Å². The SMILES string of the molecule is Nc1ccccc1-c1ccccc1.O=C(Cc1ccccc1-c1ccccc1)c1ccccc1S(=O)(=O)O.O=C1CS(=O)(=O)c2ccccc21.O=S(=O)(O)c1ccccc1-c1nc2ccccc2c2ccccc12. The van der Waals surface area contributed by atoms with E-state index in [1.54, 1.807) is 42.5 Å². The molecule has 4 N–H and O–H groups in total. The third-order valence-electron chi connectivity index (χ3n) is 11.8. The highest BCUT2D eigenvalue weighted by Crippen LogP contribution is 2.35. The van der Waals surface area contributed by atoms with Crippen LogP contribution in [0.2, 0.25) is 0 Å². The fourth-order valence-corrected chi connectivity index (χ4v) is 11.3. The van der Waals surface area contributed by atoms with E-state index < -0.39 is 30.1 Å². The highest BCUT2D eigenvalue weighted by molar-refractivity contribution is 7.92. The van der Waals surface area contributed by atoms with Crippen molar-refractivity contribution in [3.63, 3.8) is 0 Å². The summed E-state index contributed by atoms with van der Waals surface area (Å²) < 4.78 is 87.9. The molecular formula is C59H46N2O10S3. The zero-order valence-electron chi connectivity index (χ0n) is 39.3. The summed E-state index contributed by atoms with van der Waals surface area (Å²) in [4.78, 5) is 28.1. The number of para-hydroxylation sites is 2. The van der Waals surface area contributed by atoms with Crippen molar-refractivity contribution in [2.45, 2.75) is 21.1 Å². The first kappa shape index (κ1) is 51.9. The molecule has 0 saturated carbocycles. The molecule has 0 unspecified atom stereocenters. The average Bonchev–Trinajstić information content (AvgIpc) is 3.65. The summed E-state index contributed by atoms with van der Waals surface area (Å²) in [5, 5.41) is 2.83. The number of nitrogens with two attached hydrogens (primary N) is 1. The van der Waals surface area contributed by atoms with Gasteiger partial charge in [-0.15, -0.1) is 0 Å². The van der Waals surface area contributed by atoms with Gasteiger partial charge in [0, 0.05) is 45.1 Å². The van der Waals surface area contributed by atoms with Gasteiger partial charge in [0.2, 0.25) is 0 Å². The summed E-state index contributed by atoms with van der Waals surface area (Å²) in [5.41, 5.74) is 13.7. The summed E-state index contributed by atoms with van der Waals surface area (Å²) in [6.07, 6.45) is 0.0393. The van der Waals surface area contributed by atoms with Crippen LogP contribution in [-0.4, -0.2) is 56.7 Å². The minimum atomic E-state index is -4.45. The van der Waals surface area contributed by atoms with E-state index in [0.29, 0.717) is 16.8 Å². The number of pyridine rings is 1. The lowest BCUT2D eigenvalue weighted by Crippen LogP contribution is -2.11. The number of sulfone groups is 1. The summed E-state index contributed by atoms with van der Waals surface area (Å²) in [6.45, 7) is 0. The largest absolute Gasteiger partial charge is 0.398 e. The smallest absolute Gasteiger partial charge is 0.295 e. The average molecular weight is 1040 g/mol. The number of hydrogen-bond donors (Lipinski definition) is 3. The second-order valence-corrected chi connectivity index (χ2v) is 21.5. The Labute approximate surface area is 428 Å². The molecule has 1 aromatic heterocycles. The van der Waals surface area contributed by atoms with E-state index in [1.807, 2.05) is 146 Å². The summed E-state index contributed by atoms with van der Waals surface area (Å²) >= 11 is 0. The Bertz CT molecular complexity index is 4040. The lowest BCUT2D eigenvalue weighted by Gasteiger charge is -2.12. The van der Waals surface area contributed by atoms with Crippen LogP contribution in [0, 0.1) is 0 Å². The quantitative estimate of drug-likeness (QED) is 0.0561. The van der Waals surface area contributed by atoms with E-state index in [9.17, 15) is 43.9 Å². The molecule has 2 heterocycles. The number of ketones is 2. The first-order valence-electron chi connectivity index (χ1n) is 22.8. The van der Waals surface area contributed by atoms with Gasteiger partial charge in [-0.05, 0) is 64.0 Å². The van der Waals surface area contributed by atoms with Crippen LogP contribution in [0.3, 0.4) is 0 Å². The molecule has 10 aromatic rings. The zero-order valence-corrected chi connectivity index (χ0v) is 41.7. The van der Waals surface area contributed by atoms with Crippen molar-refractivity contribution in [3.05, 3.63) is 247 Å². The summed E-state index contributed by atoms with van der Waals surface area (Å²) in [7, 11) is -12.1. The van der Waals surface area contributed by atoms with E-state index in [4.69, 9.17) is 5.73 Å². The molecule has 0 radical (unpaired) electrons. The number of nitrogens with zero attached hydrogens (tertiary/aromatic N) is 1. The standard InChI is InChI=1S/C20H16O4S.C19H13NO3S.C12H11N.C8H6O3S/c21-19(18-12-6-7-13-20(18)25(22,23)24)14-16-10-4-5-11-17(16)15-8-2-1-3-9-15;21-24(22,23)18-12-6-4-10-16(18)19-15-9-2-1-7-13(15)14-8-3-5-11-17(14)20-19;13-12-9-5-4-8-11(12)10-6-2-1-3-7-10;9-7-5-12(10,11)8-4-2-1-3-6(7)8/h1-13H,14H2,(H,22,23,24);1-12H,(H,21,22,23);1-9H,13H2;1-4H,5H2. The first-order chi connectivity index (χ1) is 35.5. The van der Waals surface area contributed by atoms with E-state index in [2.05, 4.69) is 17.1 Å². The Kier molecular flexibility index (Phi) is 15.8. The molecule has 1 aliphatic rings. The van der Waals surface area contributed by atoms with E-state index in [-0.39, 0.29) is 44.0 Å². The van der Waals surface area contributed by atoms with Gasteiger partial charge >= 0.3 is 0 Å². The van der Waals surface area contributed by atoms with Crippen LogP contribution >= 0.6 is 0 Å². The van der Waals surface area contributed by atoms with E-state index >= 15 is 0 Å². The van der Waals surface area contributed by atoms with Gasteiger partial charge in [0.1, 0.15) is 15.5 Å². The Morgan fingerprint density at radius 2 is 0.946 bits per heavy atom. The Balaban J connectivity index is 0.000000138. The number of carbonyl (C=O) groups excluding carboxylic acids is 2. The lowest BCUT2D eigenvalue weighted by molar-refractivity contribution is 0.0987. The Morgan fingerprint density at radius 3 is 1.57 bits per heavy atom. The van der Waals surface area contributed by atoms with E-state index in [0.717, 1.165) is 49.6 Å². The van der Waals surface area contributed by atoms with Crippen LogP contribution in [0.15, 0.2) is 245 Å². The predicted molar refractivity (Wildman–Crippen MR) is 290 cm³/mol. The van der Waals surface area contributed by atoms with Gasteiger partial charge in [0.15, 0.2) is 21.4 Å². The topological polar surface area (TPSA) is 216 Å². The highest BCUT2D eigenvalue weighted by Gasteiger charge is 2.32. The molecule has 370 valence electrons. The minimum Gasteiger partial charge on any atom is -0.398 e. The molecule has 0 bridgehead atoms. The molecule has 11 rings (SSSR count). The fourth-order valence-electron chi connectivity index (χ4n) is 8.43. The normalized spacial score (nSPS) is 12.5.